The summed E-state index contributed by atoms with van der Waals surface area (Å²) < 4.78 is 0. The van der Waals surface area contributed by atoms with E-state index < -0.39 is 5.60 Å². The lowest BCUT2D eigenvalue weighted by atomic mass is 9.78. The molecule has 1 heterocycles. The monoisotopic (exact) mass is 271 g/mol. The van der Waals surface area contributed by atoms with Crippen LogP contribution in [0, 0.1) is 5.41 Å². The normalized spacial score (nSPS) is 32.8. The smallest absolute Gasteiger partial charge is 0.191 e. The molecule has 4 nitrogen and oxygen atoms in total. The fourth-order valence-corrected chi connectivity index (χ4v) is 3.69. The molecule has 1 saturated carbocycles. The first-order chi connectivity index (χ1) is 8.45. The summed E-state index contributed by atoms with van der Waals surface area (Å²) >= 11 is 1.96. The number of hydrogen-bond acceptors (Lipinski definition) is 3. The maximum atomic E-state index is 10.7. The second-order valence-corrected chi connectivity index (χ2v) is 7.27. The minimum Gasteiger partial charge on any atom is -0.387 e. The van der Waals surface area contributed by atoms with E-state index in [2.05, 4.69) is 23.7 Å². The summed E-state index contributed by atoms with van der Waals surface area (Å²) in [6.45, 7) is 6.64. The van der Waals surface area contributed by atoms with Crippen molar-refractivity contribution in [1.82, 2.24) is 4.90 Å². The van der Waals surface area contributed by atoms with E-state index in [1.807, 2.05) is 11.8 Å². The molecule has 2 rings (SSSR count). The summed E-state index contributed by atoms with van der Waals surface area (Å²) in [6.07, 6.45) is 2.99. The molecule has 2 fully saturated rings. The maximum absolute atomic E-state index is 10.7. The molecule has 1 atom stereocenters. The Bertz CT molecular complexity index is 326. The Balaban J connectivity index is 1.97. The first-order valence-corrected chi connectivity index (χ1v) is 7.95. The fraction of sp³-hybridized carbons (Fsp3) is 0.923. The van der Waals surface area contributed by atoms with E-state index in [4.69, 9.17) is 5.73 Å². The van der Waals surface area contributed by atoms with Crippen molar-refractivity contribution in [3.63, 3.8) is 0 Å². The second-order valence-electron chi connectivity index (χ2n) is 6.04. The Kier molecular flexibility index (Phi) is 4.11. The van der Waals surface area contributed by atoms with Crippen LogP contribution in [0.3, 0.4) is 0 Å². The summed E-state index contributed by atoms with van der Waals surface area (Å²) in [7, 11) is 0. The zero-order valence-electron chi connectivity index (χ0n) is 11.5. The molecule has 18 heavy (non-hydrogen) atoms. The molecule has 1 unspecified atom stereocenters. The predicted octanol–water partition coefficient (Wildman–Crippen LogP) is 1.29. The van der Waals surface area contributed by atoms with Crippen LogP contribution >= 0.6 is 11.8 Å². The van der Waals surface area contributed by atoms with Gasteiger partial charge in [0.2, 0.25) is 0 Å². The number of aliphatic hydroxyl groups is 1. The fourth-order valence-electron chi connectivity index (χ4n) is 2.79. The van der Waals surface area contributed by atoms with Crippen LogP contribution in [0.25, 0.3) is 0 Å². The summed E-state index contributed by atoms with van der Waals surface area (Å²) in [6, 6.07) is 0. The van der Waals surface area contributed by atoms with Crippen molar-refractivity contribution in [2.45, 2.75) is 38.7 Å². The molecule has 2 aliphatic rings. The van der Waals surface area contributed by atoms with Gasteiger partial charge in [-0.2, -0.15) is 11.8 Å². The molecule has 5 heteroatoms. The molecular weight excluding hydrogens is 246 g/mol. The van der Waals surface area contributed by atoms with Crippen LogP contribution in [0.4, 0.5) is 0 Å². The van der Waals surface area contributed by atoms with Crippen molar-refractivity contribution in [2.75, 3.05) is 31.1 Å². The largest absolute Gasteiger partial charge is 0.387 e. The lowest BCUT2D eigenvalue weighted by Crippen LogP contribution is -2.46. The van der Waals surface area contributed by atoms with Crippen LogP contribution < -0.4 is 5.73 Å². The SMILES string of the molecule is CC1(C)CCCC1(O)CN=C(N)N1CCSCC1. The Morgan fingerprint density at radius 2 is 2.00 bits per heavy atom. The van der Waals surface area contributed by atoms with Gasteiger partial charge < -0.3 is 15.7 Å². The van der Waals surface area contributed by atoms with Crippen molar-refractivity contribution in [3.05, 3.63) is 0 Å². The minimum absolute atomic E-state index is 0.0471. The van der Waals surface area contributed by atoms with Crippen LogP contribution in [-0.4, -0.2) is 52.7 Å². The van der Waals surface area contributed by atoms with Crippen LogP contribution in [0.1, 0.15) is 33.1 Å². The third-order valence-corrected chi connectivity index (χ3v) is 5.43. The van der Waals surface area contributed by atoms with Crippen molar-refractivity contribution < 1.29 is 5.11 Å². The number of guanidine groups is 1. The van der Waals surface area contributed by atoms with Crippen molar-refractivity contribution in [3.8, 4) is 0 Å². The molecule has 1 aliphatic heterocycles. The van der Waals surface area contributed by atoms with Crippen molar-refractivity contribution in [1.29, 1.82) is 0 Å². The Labute approximate surface area is 114 Å². The van der Waals surface area contributed by atoms with Gasteiger partial charge in [0.25, 0.3) is 0 Å². The van der Waals surface area contributed by atoms with Crippen molar-refractivity contribution in [2.24, 2.45) is 16.1 Å². The number of hydrogen-bond donors (Lipinski definition) is 2. The molecule has 0 aromatic carbocycles. The van der Waals surface area contributed by atoms with Gasteiger partial charge in [0, 0.05) is 24.6 Å². The highest BCUT2D eigenvalue weighted by molar-refractivity contribution is 7.99. The van der Waals surface area contributed by atoms with Crippen molar-refractivity contribution >= 4 is 17.7 Å². The first-order valence-electron chi connectivity index (χ1n) is 6.80. The third-order valence-electron chi connectivity index (χ3n) is 4.49. The molecule has 0 amide bonds. The molecule has 1 aliphatic carbocycles. The standard InChI is InChI=1S/C13H25N3OS/c1-12(2)4-3-5-13(12,17)10-15-11(14)16-6-8-18-9-7-16/h17H,3-10H2,1-2H3,(H2,14,15). The van der Waals surface area contributed by atoms with Gasteiger partial charge in [0.1, 0.15) is 0 Å². The van der Waals surface area contributed by atoms with E-state index in [0.29, 0.717) is 12.5 Å². The molecule has 0 bridgehead atoms. The minimum atomic E-state index is -0.678. The molecule has 0 radical (unpaired) electrons. The second kappa shape index (κ2) is 5.29. The number of nitrogens with two attached hydrogens (primary N) is 1. The van der Waals surface area contributed by atoms with E-state index in [0.717, 1.165) is 43.9 Å². The summed E-state index contributed by atoms with van der Waals surface area (Å²) in [5.74, 6) is 2.84. The highest BCUT2D eigenvalue weighted by Gasteiger charge is 2.47. The average molecular weight is 271 g/mol. The number of aliphatic imine (C=N–C) groups is 1. The Hall–Kier alpha value is -0.420. The maximum Gasteiger partial charge on any atom is 0.191 e. The van der Waals surface area contributed by atoms with Gasteiger partial charge in [-0.25, -0.2) is 0 Å². The third kappa shape index (κ3) is 2.77. The van der Waals surface area contributed by atoms with Crippen LogP contribution in [0.2, 0.25) is 0 Å². The van der Waals surface area contributed by atoms with Gasteiger partial charge in [-0.05, 0) is 24.7 Å². The van der Waals surface area contributed by atoms with Gasteiger partial charge in [-0.3, -0.25) is 4.99 Å². The van der Waals surface area contributed by atoms with Crippen LogP contribution in [-0.2, 0) is 0 Å². The van der Waals surface area contributed by atoms with Gasteiger partial charge in [-0.15, -0.1) is 0 Å². The average Bonchev–Trinajstić information content (AvgIpc) is 2.62. The van der Waals surface area contributed by atoms with Crippen LogP contribution in [0.5, 0.6) is 0 Å². The van der Waals surface area contributed by atoms with Gasteiger partial charge in [0.05, 0.1) is 12.1 Å². The van der Waals surface area contributed by atoms with E-state index in [1.165, 1.54) is 0 Å². The number of rotatable bonds is 2. The van der Waals surface area contributed by atoms with Gasteiger partial charge >= 0.3 is 0 Å². The quantitative estimate of drug-likeness (QED) is 0.587. The molecule has 0 aromatic heterocycles. The Morgan fingerprint density at radius 1 is 1.33 bits per heavy atom. The summed E-state index contributed by atoms with van der Waals surface area (Å²) in [4.78, 5) is 6.59. The molecular formula is C13H25N3OS. The lowest BCUT2D eigenvalue weighted by molar-refractivity contribution is -0.0336. The topological polar surface area (TPSA) is 61.9 Å². The predicted molar refractivity (Wildman–Crippen MR) is 78.0 cm³/mol. The van der Waals surface area contributed by atoms with Gasteiger partial charge in [0.15, 0.2) is 5.96 Å². The summed E-state index contributed by atoms with van der Waals surface area (Å²) in [5.41, 5.74) is 5.30. The molecule has 0 spiro atoms. The Morgan fingerprint density at radius 3 is 2.56 bits per heavy atom. The molecule has 0 aromatic rings. The zero-order valence-corrected chi connectivity index (χ0v) is 12.3. The summed E-state index contributed by atoms with van der Waals surface area (Å²) in [5, 5.41) is 10.7. The van der Waals surface area contributed by atoms with Crippen LogP contribution in [0.15, 0.2) is 4.99 Å². The highest BCUT2D eigenvalue weighted by Crippen LogP contribution is 2.45. The van der Waals surface area contributed by atoms with E-state index >= 15 is 0 Å². The highest BCUT2D eigenvalue weighted by atomic mass is 32.2. The van der Waals surface area contributed by atoms with Gasteiger partial charge in [-0.1, -0.05) is 13.8 Å². The zero-order chi connectivity index (χ0) is 13.2. The number of thioether (sulfide) groups is 1. The molecule has 1 saturated heterocycles. The van der Waals surface area contributed by atoms with E-state index in [9.17, 15) is 5.11 Å². The number of nitrogens with zero attached hydrogens (tertiary/aromatic N) is 2. The van der Waals surface area contributed by atoms with E-state index in [-0.39, 0.29) is 5.41 Å². The molecule has 104 valence electrons. The molecule has 3 N–H and O–H groups in total. The lowest BCUT2D eigenvalue weighted by Gasteiger charge is -2.36. The van der Waals surface area contributed by atoms with E-state index in [1.54, 1.807) is 0 Å². The first kappa shape index (κ1) is 14.0.